The van der Waals surface area contributed by atoms with Gasteiger partial charge < -0.3 is 29.2 Å². The first-order chi connectivity index (χ1) is 24.0. The highest BCUT2D eigenvalue weighted by molar-refractivity contribution is 5.76. The van der Waals surface area contributed by atoms with Crippen molar-refractivity contribution in [1.82, 2.24) is 0 Å². The third-order valence-electron chi connectivity index (χ3n) is 8.17. The summed E-state index contributed by atoms with van der Waals surface area (Å²) in [7, 11) is 0. The minimum Gasteiger partial charge on any atom is -0.465 e. The Bertz CT molecular complexity index is 1310. The van der Waals surface area contributed by atoms with Gasteiger partial charge in [0.1, 0.15) is 38.3 Å². The predicted octanol–water partition coefficient (Wildman–Crippen LogP) is 5.06. The number of hydrogen-bond acceptors (Lipinski definition) is 12. The Morgan fingerprint density at radius 3 is 2.10 bits per heavy atom. The monoisotopic (exact) mass is 700 g/mol. The molecule has 0 unspecified atom stereocenters. The molecule has 2 rings (SSSR count). The summed E-state index contributed by atoms with van der Waals surface area (Å²) in [5, 5.41) is 27.9. The number of aliphatic hydroxyl groups excluding tert-OH is 2. The van der Waals surface area contributed by atoms with E-state index in [0.717, 1.165) is 5.56 Å². The van der Waals surface area contributed by atoms with Crippen LogP contribution in [0.15, 0.2) is 52.7 Å². The Labute approximate surface area is 291 Å². The van der Waals surface area contributed by atoms with E-state index in [1.54, 1.807) is 13.8 Å². The van der Waals surface area contributed by atoms with Crippen LogP contribution in [0.3, 0.4) is 0 Å². The van der Waals surface area contributed by atoms with Gasteiger partial charge in [-0.1, -0.05) is 52.7 Å². The first-order valence-corrected chi connectivity index (χ1v) is 16.8. The van der Waals surface area contributed by atoms with Gasteiger partial charge in [0.15, 0.2) is 0 Å². The van der Waals surface area contributed by atoms with E-state index in [1.807, 2.05) is 42.5 Å². The largest absolute Gasteiger partial charge is 0.465 e. The van der Waals surface area contributed by atoms with Crippen molar-refractivity contribution in [3.63, 3.8) is 0 Å². The fourth-order valence-electron chi connectivity index (χ4n) is 5.68. The van der Waals surface area contributed by atoms with Crippen LogP contribution in [-0.4, -0.2) is 84.8 Å². The number of aliphatic hydroxyl groups is 2. The van der Waals surface area contributed by atoms with E-state index in [-0.39, 0.29) is 30.3 Å². The van der Waals surface area contributed by atoms with Crippen molar-refractivity contribution in [3.05, 3.63) is 68.9 Å². The summed E-state index contributed by atoms with van der Waals surface area (Å²) in [5.41, 5.74) is 17.9. The molecule has 1 aliphatic rings. The Morgan fingerprint density at radius 2 is 1.50 bits per heavy atom. The van der Waals surface area contributed by atoms with Crippen molar-refractivity contribution in [1.29, 1.82) is 0 Å². The number of allylic oxidation sites excluding steroid dienone is 2. The molecule has 50 heavy (non-hydrogen) atoms. The van der Waals surface area contributed by atoms with Gasteiger partial charge in [-0.2, -0.15) is 0 Å². The molecule has 1 aliphatic carbocycles. The van der Waals surface area contributed by atoms with E-state index >= 15 is 0 Å². The van der Waals surface area contributed by atoms with Crippen LogP contribution in [0.25, 0.3) is 20.9 Å². The van der Waals surface area contributed by atoms with Crippen LogP contribution in [0, 0.1) is 17.8 Å². The highest BCUT2D eigenvalue weighted by atomic mass is 16.6. The molecule has 0 spiro atoms. The molecule has 0 aromatic heterocycles. The number of unbranched alkanes of at least 4 members (excludes halogenated alkanes) is 1. The number of azide groups is 2. The van der Waals surface area contributed by atoms with Crippen molar-refractivity contribution in [2.24, 2.45) is 28.0 Å². The maximum atomic E-state index is 13.4. The maximum absolute atomic E-state index is 13.4. The van der Waals surface area contributed by atoms with Crippen LogP contribution in [0.1, 0.15) is 70.8 Å². The van der Waals surface area contributed by atoms with Crippen molar-refractivity contribution in [3.8, 4) is 0 Å². The van der Waals surface area contributed by atoms with Crippen LogP contribution in [0.2, 0.25) is 0 Å². The minimum atomic E-state index is -1.23. The van der Waals surface area contributed by atoms with Crippen molar-refractivity contribution < 1.29 is 48.3 Å². The number of benzene rings is 1. The quantitative estimate of drug-likeness (QED) is 0.0292. The summed E-state index contributed by atoms with van der Waals surface area (Å²) in [6, 6.07) is 9.57. The number of rotatable bonds is 23. The molecule has 0 amide bonds. The molecule has 0 radical (unpaired) electrons. The molecule has 16 heteroatoms. The molecule has 16 nitrogen and oxygen atoms in total. The lowest BCUT2D eigenvalue weighted by Gasteiger charge is -2.26. The fourth-order valence-corrected chi connectivity index (χ4v) is 5.68. The van der Waals surface area contributed by atoms with Gasteiger partial charge in [0, 0.05) is 16.2 Å². The van der Waals surface area contributed by atoms with Crippen LogP contribution in [0.4, 0.5) is 0 Å². The number of ether oxygens (including phenoxy) is 4. The van der Waals surface area contributed by atoms with E-state index in [1.165, 1.54) is 0 Å². The molecular formula is C34H48N6O10. The number of carbonyl (C=O) groups excluding carboxylic acids is 4. The summed E-state index contributed by atoms with van der Waals surface area (Å²) in [4.78, 5) is 54.1. The Balaban J connectivity index is 2.10. The van der Waals surface area contributed by atoms with E-state index in [2.05, 4.69) is 20.1 Å². The first kappa shape index (κ1) is 41.6. The van der Waals surface area contributed by atoms with Crippen molar-refractivity contribution in [2.45, 2.75) is 96.1 Å². The SMILES string of the molecule is CC(C)OC(=O)CCC/C=C\C[C@@H]1[C@@H](CC[C@H](CCc2ccccc2)OC(=O)C(COC(=O)CN=[N+]=[N-])COC(=O)CN=[N+]=[N-])[C@H](O)C[C@@H]1O. The normalized spacial score (nSPS) is 19.5. The van der Waals surface area contributed by atoms with Crippen LogP contribution in [0.5, 0.6) is 0 Å². The zero-order chi connectivity index (χ0) is 36.7. The Morgan fingerprint density at radius 1 is 0.880 bits per heavy atom. The lowest BCUT2D eigenvalue weighted by atomic mass is 9.85. The van der Waals surface area contributed by atoms with E-state index in [0.29, 0.717) is 51.4 Å². The van der Waals surface area contributed by atoms with Gasteiger partial charge in [-0.3, -0.25) is 19.2 Å². The number of esters is 4. The van der Waals surface area contributed by atoms with Gasteiger partial charge in [0.25, 0.3) is 0 Å². The molecular weight excluding hydrogens is 652 g/mol. The summed E-state index contributed by atoms with van der Waals surface area (Å²) < 4.78 is 21.2. The number of aryl methyl sites for hydroxylation is 1. The molecule has 274 valence electrons. The van der Waals surface area contributed by atoms with Crippen molar-refractivity contribution in [2.75, 3.05) is 26.3 Å². The lowest BCUT2D eigenvalue weighted by Crippen LogP contribution is -2.33. The summed E-state index contributed by atoms with van der Waals surface area (Å²) in [5.74, 6) is -4.57. The summed E-state index contributed by atoms with van der Waals surface area (Å²) in [6.45, 7) is 1.34. The zero-order valence-corrected chi connectivity index (χ0v) is 28.6. The molecule has 1 fully saturated rings. The number of nitrogens with zero attached hydrogens (tertiary/aromatic N) is 6. The molecule has 0 saturated heterocycles. The number of carbonyl (C=O) groups is 4. The second-order valence-corrected chi connectivity index (χ2v) is 12.3. The molecule has 0 aliphatic heterocycles. The average Bonchev–Trinajstić information content (AvgIpc) is 3.36. The number of hydrogen-bond donors (Lipinski definition) is 2. The highest BCUT2D eigenvalue weighted by Crippen LogP contribution is 2.39. The van der Waals surface area contributed by atoms with Gasteiger partial charge in [-0.25, -0.2) is 0 Å². The molecule has 1 aromatic carbocycles. The Hall–Kier alpha value is -4.62. The second kappa shape index (κ2) is 23.7. The van der Waals surface area contributed by atoms with E-state index in [9.17, 15) is 29.4 Å². The van der Waals surface area contributed by atoms with Crippen molar-refractivity contribution >= 4 is 23.9 Å². The average molecular weight is 701 g/mol. The standard InChI is InChI=1S/C34H48N6O10/c1-23(2)49-31(43)13-9-4-3-8-12-27-28(30(42)18-29(27)41)17-16-26(15-14-24-10-6-5-7-11-24)50-34(46)25(21-47-32(44)19-37-39-35)22-48-33(45)20-38-40-36/h3,5-8,10-11,23,25-30,41-42H,4,9,12-22H2,1-2H3/b8-3-/t26-,27+,28+,29-,30+/m0/s1. The molecule has 2 N–H and O–H groups in total. The topological polar surface area (TPSA) is 243 Å². The third kappa shape index (κ3) is 16.7. The summed E-state index contributed by atoms with van der Waals surface area (Å²) in [6.07, 6.45) is 5.81. The van der Waals surface area contributed by atoms with Gasteiger partial charge in [0.2, 0.25) is 0 Å². The Kier molecular flexibility index (Phi) is 19.7. The second-order valence-electron chi connectivity index (χ2n) is 12.3. The van der Waals surface area contributed by atoms with E-state index < -0.39 is 68.4 Å². The molecule has 1 aromatic rings. The maximum Gasteiger partial charge on any atom is 0.316 e. The van der Waals surface area contributed by atoms with Crippen LogP contribution in [-0.2, 0) is 44.5 Å². The molecule has 1 saturated carbocycles. The highest BCUT2D eigenvalue weighted by Gasteiger charge is 2.41. The smallest absolute Gasteiger partial charge is 0.316 e. The predicted molar refractivity (Wildman–Crippen MR) is 180 cm³/mol. The molecule has 5 atom stereocenters. The van der Waals surface area contributed by atoms with Gasteiger partial charge in [-0.05, 0) is 93.7 Å². The van der Waals surface area contributed by atoms with Gasteiger partial charge in [0.05, 0.1) is 18.3 Å². The minimum absolute atomic E-state index is 0.157. The molecule has 0 heterocycles. The first-order valence-electron chi connectivity index (χ1n) is 16.8. The fraction of sp³-hybridized carbons (Fsp3) is 0.647. The van der Waals surface area contributed by atoms with E-state index in [4.69, 9.17) is 30.0 Å². The molecule has 0 bridgehead atoms. The lowest BCUT2D eigenvalue weighted by molar-refractivity contribution is -0.164. The third-order valence-corrected chi connectivity index (χ3v) is 8.17. The zero-order valence-electron chi connectivity index (χ0n) is 28.6. The van der Waals surface area contributed by atoms with Gasteiger partial charge >= 0.3 is 23.9 Å². The summed E-state index contributed by atoms with van der Waals surface area (Å²) >= 11 is 0. The van der Waals surface area contributed by atoms with Crippen LogP contribution >= 0.6 is 0 Å². The van der Waals surface area contributed by atoms with Gasteiger partial charge in [-0.15, -0.1) is 0 Å². The van der Waals surface area contributed by atoms with Crippen LogP contribution < -0.4 is 0 Å².